The summed E-state index contributed by atoms with van der Waals surface area (Å²) in [6.45, 7) is 0.739. The van der Waals surface area contributed by atoms with E-state index in [1.807, 2.05) is 18.2 Å². The average molecular weight is 242 g/mol. The Morgan fingerprint density at radius 2 is 2.11 bits per heavy atom. The van der Waals surface area contributed by atoms with Crippen molar-refractivity contribution in [2.75, 3.05) is 11.4 Å². The second-order valence-electron chi connectivity index (χ2n) is 4.43. The minimum atomic E-state index is -0.0851. The van der Waals surface area contributed by atoms with E-state index in [-0.39, 0.29) is 5.91 Å². The van der Waals surface area contributed by atoms with E-state index in [2.05, 4.69) is 11.2 Å². The van der Waals surface area contributed by atoms with Crippen LogP contribution in [-0.4, -0.2) is 17.6 Å². The fourth-order valence-corrected chi connectivity index (χ4v) is 2.36. The molecule has 0 aliphatic carbocycles. The molecular weight excluding hydrogens is 228 g/mol. The number of rotatable bonds is 1. The summed E-state index contributed by atoms with van der Waals surface area (Å²) in [5, 5.41) is 3.73. The largest absolute Gasteiger partial charge is 0.364 e. The highest BCUT2D eigenvalue weighted by Crippen LogP contribution is 2.27. The van der Waals surface area contributed by atoms with Crippen LogP contribution in [0.5, 0.6) is 0 Å². The van der Waals surface area contributed by atoms with Crippen molar-refractivity contribution in [2.24, 2.45) is 0 Å². The molecule has 0 spiro atoms. The van der Waals surface area contributed by atoms with Crippen molar-refractivity contribution in [1.29, 1.82) is 0 Å². The van der Waals surface area contributed by atoms with Crippen LogP contribution in [0, 0.1) is 0 Å². The van der Waals surface area contributed by atoms with E-state index < -0.39 is 0 Å². The molecule has 92 valence electrons. The zero-order valence-electron chi connectivity index (χ0n) is 10.0. The number of anilines is 1. The van der Waals surface area contributed by atoms with Gasteiger partial charge in [-0.2, -0.15) is 0 Å². The Balaban J connectivity index is 1.99. The van der Waals surface area contributed by atoms with Crippen molar-refractivity contribution < 1.29 is 9.32 Å². The van der Waals surface area contributed by atoms with Crippen LogP contribution in [0.15, 0.2) is 41.1 Å². The Morgan fingerprint density at radius 1 is 1.22 bits per heavy atom. The zero-order chi connectivity index (χ0) is 12.4. The average Bonchev–Trinajstić information content (AvgIpc) is 2.85. The maximum absolute atomic E-state index is 12.4. The second-order valence-corrected chi connectivity index (χ2v) is 4.43. The van der Waals surface area contributed by atoms with Gasteiger partial charge in [0.1, 0.15) is 6.26 Å². The molecule has 4 heteroatoms. The van der Waals surface area contributed by atoms with Crippen molar-refractivity contribution in [2.45, 2.75) is 19.3 Å². The Kier molecular flexibility index (Phi) is 2.84. The number of nitrogens with zero attached hydrogens (tertiary/aromatic N) is 2. The Morgan fingerprint density at radius 3 is 2.94 bits per heavy atom. The maximum Gasteiger partial charge on any atom is 0.280 e. The van der Waals surface area contributed by atoms with Crippen LogP contribution in [0.2, 0.25) is 0 Å². The highest BCUT2D eigenvalue weighted by atomic mass is 16.5. The molecule has 0 N–H and O–H groups in total. The van der Waals surface area contributed by atoms with Crippen molar-refractivity contribution in [1.82, 2.24) is 5.16 Å². The highest BCUT2D eigenvalue weighted by molar-refractivity contribution is 6.05. The van der Waals surface area contributed by atoms with Crippen LogP contribution in [-0.2, 0) is 6.42 Å². The number of hydrogen-bond donors (Lipinski definition) is 0. The van der Waals surface area contributed by atoms with E-state index in [1.165, 1.54) is 11.8 Å². The SMILES string of the molecule is O=C(c1ccon1)N1CCCCc2ccccc21. The second kappa shape index (κ2) is 4.64. The van der Waals surface area contributed by atoms with Gasteiger partial charge >= 0.3 is 0 Å². The number of carbonyl (C=O) groups is 1. The summed E-state index contributed by atoms with van der Waals surface area (Å²) >= 11 is 0. The summed E-state index contributed by atoms with van der Waals surface area (Å²) in [5.41, 5.74) is 2.60. The first-order chi connectivity index (χ1) is 8.86. The van der Waals surface area contributed by atoms with Crippen LogP contribution in [0.4, 0.5) is 5.69 Å². The molecule has 0 fully saturated rings. The smallest absolute Gasteiger partial charge is 0.280 e. The van der Waals surface area contributed by atoms with Gasteiger partial charge in [0, 0.05) is 18.3 Å². The molecular formula is C14H14N2O2. The molecule has 0 unspecified atom stereocenters. The van der Waals surface area contributed by atoms with E-state index in [1.54, 1.807) is 11.0 Å². The number of aromatic nitrogens is 1. The Bertz CT molecular complexity index is 549. The number of aryl methyl sites for hydroxylation is 1. The summed E-state index contributed by atoms with van der Waals surface area (Å²) < 4.78 is 4.75. The van der Waals surface area contributed by atoms with Crippen molar-refractivity contribution in [3.63, 3.8) is 0 Å². The number of amides is 1. The fourth-order valence-electron chi connectivity index (χ4n) is 2.36. The third kappa shape index (κ3) is 1.90. The number of fused-ring (bicyclic) bond motifs is 1. The van der Waals surface area contributed by atoms with Crippen LogP contribution in [0.25, 0.3) is 0 Å². The van der Waals surface area contributed by atoms with Crippen molar-refractivity contribution in [3.8, 4) is 0 Å². The maximum atomic E-state index is 12.4. The van der Waals surface area contributed by atoms with Crippen molar-refractivity contribution >= 4 is 11.6 Å². The molecule has 0 atom stereocenters. The molecule has 0 bridgehead atoms. The summed E-state index contributed by atoms with van der Waals surface area (Å²) in [4.78, 5) is 14.2. The van der Waals surface area contributed by atoms with Gasteiger partial charge in [-0.3, -0.25) is 4.79 Å². The van der Waals surface area contributed by atoms with E-state index in [0.717, 1.165) is 31.5 Å². The third-order valence-electron chi connectivity index (χ3n) is 3.26. The zero-order valence-corrected chi connectivity index (χ0v) is 10.0. The van der Waals surface area contributed by atoms with Crippen LogP contribution >= 0.6 is 0 Å². The number of carbonyl (C=O) groups excluding carboxylic acids is 1. The lowest BCUT2D eigenvalue weighted by Crippen LogP contribution is -2.31. The van der Waals surface area contributed by atoms with E-state index >= 15 is 0 Å². The summed E-state index contributed by atoms with van der Waals surface area (Å²) in [5.74, 6) is -0.0851. The van der Waals surface area contributed by atoms with E-state index in [4.69, 9.17) is 4.52 Å². The van der Waals surface area contributed by atoms with Crippen LogP contribution < -0.4 is 4.90 Å². The van der Waals surface area contributed by atoms with Crippen molar-refractivity contribution in [3.05, 3.63) is 47.9 Å². The molecule has 0 radical (unpaired) electrons. The highest BCUT2D eigenvalue weighted by Gasteiger charge is 2.23. The van der Waals surface area contributed by atoms with Gasteiger partial charge in [0.2, 0.25) is 0 Å². The van der Waals surface area contributed by atoms with Gasteiger partial charge in [-0.1, -0.05) is 23.4 Å². The van der Waals surface area contributed by atoms with Gasteiger partial charge in [0.15, 0.2) is 5.69 Å². The first kappa shape index (κ1) is 11.0. The van der Waals surface area contributed by atoms with E-state index in [9.17, 15) is 4.79 Å². The topological polar surface area (TPSA) is 46.3 Å². The van der Waals surface area contributed by atoms with Crippen LogP contribution in [0.3, 0.4) is 0 Å². The predicted molar refractivity (Wildman–Crippen MR) is 67.6 cm³/mol. The Labute approximate surface area is 105 Å². The number of benzene rings is 1. The molecule has 1 amide bonds. The quantitative estimate of drug-likeness (QED) is 0.772. The minimum absolute atomic E-state index is 0.0851. The molecule has 2 aromatic rings. The van der Waals surface area contributed by atoms with Gasteiger partial charge in [-0.15, -0.1) is 0 Å². The summed E-state index contributed by atoms with van der Waals surface area (Å²) in [6, 6.07) is 9.67. The number of hydrogen-bond acceptors (Lipinski definition) is 3. The first-order valence-corrected chi connectivity index (χ1v) is 6.16. The third-order valence-corrected chi connectivity index (χ3v) is 3.26. The lowest BCUT2D eigenvalue weighted by molar-refractivity contribution is 0.0978. The van der Waals surface area contributed by atoms with Gasteiger partial charge < -0.3 is 9.42 Å². The molecule has 4 nitrogen and oxygen atoms in total. The molecule has 18 heavy (non-hydrogen) atoms. The molecule has 1 aliphatic rings. The number of para-hydroxylation sites is 1. The summed E-state index contributed by atoms with van der Waals surface area (Å²) in [6.07, 6.45) is 4.58. The molecule has 3 rings (SSSR count). The standard InChI is InChI=1S/C14H14N2O2/c17-14(12-8-10-18-15-12)16-9-4-3-6-11-5-1-2-7-13(11)16/h1-2,5,7-8,10H,3-4,6,9H2. The first-order valence-electron chi connectivity index (χ1n) is 6.16. The Hall–Kier alpha value is -2.10. The van der Waals surface area contributed by atoms with Gasteiger partial charge in [-0.25, -0.2) is 0 Å². The molecule has 1 aromatic heterocycles. The predicted octanol–water partition coefficient (Wildman–Crippen LogP) is 2.66. The summed E-state index contributed by atoms with van der Waals surface area (Å²) in [7, 11) is 0. The minimum Gasteiger partial charge on any atom is -0.364 e. The van der Waals surface area contributed by atoms with Crippen LogP contribution in [0.1, 0.15) is 28.9 Å². The normalized spacial score (nSPS) is 15.0. The van der Waals surface area contributed by atoms with Gasteiger partial charge in [0.25, 0.3) is 5.91 Å². The fraction of sp³-hybridized carbons (Fsp3) is 0.286. The molecule has 2 heterocycles. The van der Waals surface area contributed by atoms with E-state index in [0.29, 0.717) is 5.69 Å². The van der Waals surface area contributed by atoms with Gasteiger partial charge in [-0.05, 0) is 30.9 Å². The molecule has 1 aliphatic heterocycles. The van der Waals surface area contributed by atoms with Gasteiger partial charge in [0.05, 0.1) is 0 Å². The molecule has 1 aromatic carbocycles. The lowest BCUT2D eigenvalue weighted by atomic mass is 10.1. The molecule has 0 saturated carbocycles. The monoisotopic (exact) mass is 242 g/mol. The molecule has 0 saturated heterocycles. The lowest BCUT2D eigenvalue weighted by Gasteiger charge is -2.21.